The Hall–Kier alpha value is -1.92. The quantitative estimate of drug-likeness (QED) is 0.729. The summed E-state index contributed by atoms with van der Waals surface area (Å²) in [4.78, 5) is 7.98. The third kappa shape index (κ3) is 2.28. The van der Waals surface area contributed by atoms with Gasteiger partial charge in [0.05, 0.1) is 37.2 Å². The number of hydrogen-bond acceptors (Lipinski definition) is 5. The average molecular weight is 314 g/mol. The summed E-state index contributed by atoms with van der Waals surface area (Å²) in [6, 6.07) is 10.9. The van der Waals surface area contributed by atoms with Crippen LogP contribution in [0.2, 0.25) is 0 Å². The lowest BCUT2D eigenvalue weighted by Gasteiger charge is -2.38. The molecule has 2 aromatic heterocycles. The number of ether oxygens (including phenoxy) is 1. The van der Waals surface area contributed by atoms with Gasteiger partial charge < -0.3 is 9.64 Å². The number of anilines is 1. The Balaban J connectivity index is 1.69. The second kappa shape index (κ2) is 5.37. The second-order valence-electron chi connectivity index (χ2n) is 5.75. The first-order valence-electron chi connectivity index (χ1n) is 7.50. The molecular formula is C16H18N4OS. The Morgan fingerprint density at radius 3 is 2.55 bits per heavy atom. The first-order chi connectivity index (χ1) is 10.7. The highest BCUT2D eigenvalue weighted by atomic mass is 32.1. The van der Waals surface area contributed by atoms with E-state index in [1.807, 2.05) is 28.9 Å². The van der Waals surface area contributed by atoms with Crippen LogP contribution < -0.4 is 4.90 Å². The molecule has 1 fully saturated rings. The maximum atomic E-state index is 5.59. The molecule has 5 nitrogen and oxygen atoms in total. The van der Waals surface area contributed by atoms with Gasteiger partial charge in [0.25, 0.3) is 0 Å². The van der Waals surface area contributed by atoms with Crippen LogP contribution in [-0.2, 0) is 4.74 Å². The first kappa shape index (κ1) is 13.7. The van der Waals surface area contributed by atoms with Crippen LogP contribution in [0.3, 0.4) is 0 Å². The van der Waals surface area contributed by atoms with E-state index in [1.54, 1.807) is 11.3 Å². The van der Waals surface area contributed by atoms with Crippen molar-refractivity contribution in [1.82, 2.24) is 14.6 Å². The number of morpholine rings is 1. The van der Waals surface area contributed by atoms with Crippen molar-refractivity contribution in [2.45, 2.75) is 25.9 Å². The van der Waals surface area contributed by atoms with Crippen LogP contribution in [-0.4, -0.2) is 39.9 Å². The van der Waals surface area contributed by atoms with Gasteiger partial charge in [0.15, 0.2) is 0 Å². The second-order valence-corrected chi connectivity index (χ2v) is 6.68. The predicted octanol–water partition coefficient (Wildman–Crippen LogP) is 3.07. The van der Waals surface area contributed by atoms with E-state index in [4.69, 9.17) is 14.8 Å². The fraction of sp³-hybridized carbons (Fsp3) is 0.375. The van der Waals surface area contributed by atoms with Crippen LogP contribution >= 0.6 is 11.3 Å². The van der Waals surface area contributed by atoms with Crippen LogP contribution in [0.15, 0.2) is 36.5 Å². The van der Waals surface area contributed by atoms with Crippen molar-refractivity contribution >= 4 is 21.4 Å². The van der Waals surface area contributed by atoms with Gasteiger partial charge in [0.2, 0.25) is 10.1 Å². The van der Waals surface area contributed by atoms with Crippen molar-refractivity contribution in [3.05, 3.63) is 36.5 Å². The molecule has 0 bridgehead atoms. The van der Waals surface area contributed by atoms with E-state index in [2.05, 4.69) is 30.9 Å². The lowest BCUT2D eigenvalue weighted by molar-refractivity contribution is 0.0755. The fourth-order valence-electron chi connectivity index (χ4n) is 2.92. The molecule has 0 N–H and O–H groups in total. The molecule has 3 heterocycles. The van der Waals surface area contributed by atoms with E-state index in [0.717, 1.165) is 34.6 Å². The molecule has 114 valence electrons. The minimum Gasteiger partial charge on any atom is -0.377 e. The van der Waals surface area contributed by atoms with Gasteiger partial charge in [-0.25, -0.2) is 9.50 Å². The van der Waals surface area contributed by atoms with Crippen LogP contribution in [0.25, 0.3) is 16.2 Å². The molecule has 0 spiro atoms. The molecule has 0 saturated carbocycles. The number of aromatic nitrogens is 3. The first-order valence-corrected chi connectivity index (χ1v) is 8.32. The summed E-state index contributed by atoms with van der Waals surface area (Å²) < 4.78 is 7.48. The van der Waals surface area contributed by atoms with Crippen molar-refractivity contribution in [2.24, 2.45) is 0 Å². The summed E-state index contributed by atoms with van der Waals surface area (Å²) >= 11 is 1.64. The Labute approximate surface area is 133 Å². The van der Waals surface area contributed by atoms with E-state index in [1.165, 1.54) is 0 Å². The molecule has 1 aliphatic rings. The van der Waals surface area contributed by atoms with Gasteiger partial charge in [0, 0.05) is 5.56 Å². The van der Waals surface area contributed by atoms with Gasteiger partial charge in [-0.3, -0.25) is 0 Å². The minimum atomic E-state index is 0.341. The highest BCUT2D eigenvalue weighted by molar-refractivity contribution is 7.20. The van der Waals surface area contributed by atoms with Crippen LogP contribution in [0.5, 0.6) is 0 Å². The van der Waals surface area contributed by atoms with Gasteiger partial charge in [-0.1, -0.05) is 41.7 Å². The summed E-state index contributed by atoms with van der Waals surface area (Å²) in [5.41, 5.74) is 2.09. The Bertz CT molecular complexity index is 740. The fourth-order valence-corrected chi connectivity index (χ4v) is 4.01. The highest BCUT2D eigenvalue weighted by Gasteiger charge is 2.28. The van der Waals surface area contributed by atoms with Crippen LogP contribution in [0, 0.1) is 0 Å². The molecule has 6 heteroatoms. The summed E-state index contributed by atoms with van der Waals surface area (Å²) in [5, 5.41) is 5.75. The van der Waals surface area contributed by atoms with E-state index in [-0.39, 0.29) is 0 Å². The van der Waals surface area contributed by atoms with Crippen molar-refractivity contribution in [3.8, 4) is 11.3 Å². The van der Waals surface area contributed by atoms with Gasteiger partial charge in [-0.05, 0) is 13.8 Å². The van der Waals surface area contributed by atoms with Crippen LogP contribution in [0.1, 0.15) is 13.8 Å². The van der Waals surface area contributed by atoms with Crippen molar-refractivity contribution in [2.75, 3.05) is 18.1 Å². The van der Waals surface area contributed by atoms with E-state index in [0.29, 0.717) is 12.1 Å². The summed E-state index contributed by atoms with van der Waals surface area (Å²) in [6.07, 6.45) is 2.00. The van der Waals surface area contributed by atoms with Gasteiger partial charge >= 0.3 is 0 Å². The molecule has 0 aliphatic carbocycles. The number of benzene rings is 1. The van der Waals surface area contributed by atoms with Gasteiger partial charge in [-0.15, -0.1) is 5.10 Å². The molecular weight excluding hydrogens is 296 g/mol. The Morgan fingerprint density at radius 1 is 1.14 bits per heavy atom. The van der Waals surface area contributed by atoms with Gasteiger partial charge in [-0.2, -0.15) is 0 Å². The molecule has 1 aliphatic heterocycles. The number of hydrogen-bond donors (Lipinski definition) is 0. The molecule has 0 amide bonds. The molecule has 1 saturated heterocycles. The van der Waals surface area contributed by atoms with Crippen molar-refractivity contribution in [1.29, 1.82) is 0 Å². The van der Waals surface area contributed by atoms with E-state index < -0.39 is 0 Å². The van der Waals surface area contributed by atoms with Gasteiger partial charge in [0.1, 0.15) is 0 Å². The molecule has 1 aromatic carbocycles. The average Bonchev–Trinajstić information content (AvgIpc) is 3.07. The SMILES string of the molecule is C[C@H]1COC[C@H](C)N1c1nn2cc(-c3ccccc3)nc2s1. The van der Waals surface area contributed by atoms with E-state index in [9.17, 15) is 0 Å². The number of fused-ring (bicyclic) bond motifs is 1. The summed E-state index contributed by atoms with van der Waals surface area (Å²) in [7, 11) is 0. The molecule has 2 atom stereocenters. The normalized spacial score (nSPS) is 22.4. The Kier molecular flexibility index (Phi) is 3.35. The largest absolute Gasteiger partial charge is 0.377 e. The zero-order chi connectivity index (χ0) is 15.1. The zero-order valence-corrected chi connectivity index (χ0v) is 13.5. The molecule has 22 heavy (non-hydrogen) atoms. The Morgan fingerprint density at radius 2 is 1.86 bits per heavy atom. The van der Waals surface area contributed by atoms with E-state index >= 15 is 0 Å². The zero-order valence-electron chi connectivity index (χ0n) is 12.6. The summed E-state index contributed by atoms with van der Waals surface area (Å²) in [6.45, 7) is 5.85. The monoisotopic (exact) mass is 314 g/mol. The molecule has 0 unspecified atom stereocenters. The number of rotatable bonds is 2. The lowest BCUT2D eigenvalue weighted by atomic mass is 10.2. The van der Waals surface area contributed by atoms with Crippen LogP contribution in [0.4, 0.5) is 5.13 Å². The maximum absolute atomic E-state index is 5.59. The minimum absolute atomic E-state index is 0.341. The molecule has 3 aromatic rings. The topological polar surface area (TPSA) is 42.7 Å². The molecule has 0 radical (unpaired) electrons. The lowest BCUT2D eigenvalue weighted by Crippen LogP contribution is -2.49. The number of nitrogens with zero attached hydrogens (tertiary/aromatic N) is 4. The smallest absolute Gasteiger partial charge is 0.214 e. The third-order valence-corrected chi connectivity index (χ3v) is 4.93. The summed E-state index contributed by atoms with van der Waals surface area (Å²) in [5.74, 6) is 0. The van der Waals surface area contributed by atoms with Crippen molar-refractivity contribution in [3.63, 3.8) is 0 Å². The highest BCUT2D eigenvalue weighted by Crippen LogP contribution is 2.30. The maximum Gasteiger partial charge on any atom is 0.214 e. The standard InChI is InChI=1S/C16H18N4OS/c1-11-9-21-10-12(2)20(11)16-18-19-8-14(17-15(19)22-16)13-6-4-3-5-7-13/h3-8,11-12H,9-10H2,1-2H3/t11-,12-/m0/s1. The third-order valence-electron chi connectivity index (χ3n) is 3.99. The van der Waals surface area contributed by atoms with Crippen molar-refractivity contribution < 1.29 is 4.74 Å². The predicted molar refractivity (Wildman–Crippen MR) is 88.5 cm³/mol. The molecule has 4 rings (SSSR count). The number of imidazole rings is 1.